The number of nitrogens with zero attached hydrogens (tertiary/aromatic N) is 1. The van der Waals surface area contributed by atoms with E-state index in [0.29, 0.717) is 11.4 Å². The summed E-state index contributed by atoms with van der Waals surface area (Å²) in [6.07, 6.45) is 0.887. The van der Waals surface area contributed by atoms with Gasteiger partial charge in [0.25, 0.3) is 0 Å². The van der Waals surface area contributed by atoms with Gasteiger partial charge in [-0.1, -0.05) is 13.0 Å². The second kappa shape index (κ2) is 5.61. The summed E-state index contributed by atoms with van der Waals surface area (Å²) in [7, 11) is -3.39. The van der Waals surface area contributed by atoms with Gasteiger partial charge in [-0.2, -0.15) is 4.31 Å². The summed E-state index contributed by atoms with van der Waals surface area (Å²) in [6.45, 7) is 7.92. The Hall–Kier alpha value is -0.910. The van der Waals surface area contributed by atoms with Crippen LogP contribution in [-0.2, 0) is 10.0 Å². The third-order valence-corrected chi connectivity index (χ3v) is 5.56. The third-order valence-electron chi connectivity index (χ3n) is 3.56. The molecular formula is C14H22N2O2S. The number of hydrogen-bond donors (Lipinski definition) is 1. The molecule has 2 rings (SSSR count). The number of sulfonamides is 1. The number of rotatable bonds is 4. The van der Waals surface area contributed by atoms with Crippen LogP contribution in [0.25, 0.3) is 0 Å². The number of nitrogens with one attached hydrogen (secondary N) is 1. The Kier molecular flexibility index (Phi) is 4.28. The number of hydrogen-bond acceptors (Lipinski definition) is 3. The summed E-state index contributed by atoms with van der Waals surface area (Å²) in [6, 6.07) is 5.59. The molecule has 0 bridgehead atoms. The number of likely N-dealkylation sites (N-methyl/N-ethyl adjacent to an activating group) is 1. The lowest BCUT2D eigenvalue weighted by atomic mass is 10.2. The van der Waals surface area contributed by atoms with Crippen LogP contribution in [0.5, 0.6) is 0 Å². The van der Waals surface area contributed by atoms with Gasteiger partial charge in [0.05, 0.1) is 4.90 Å². The van der Waals surface area contributed by atoms with E-state index < -0.39 is 10.0 Å². The van der Waals surface area contributed by atoms with Crippen LogP contribution < -0.4 is 5.32 Å². The van der Waals surface area contributed by atoms with E-state index in [1.54, 1.807) is 16.4 Å². The third kappa shape index (κ3) is 2.99. The first-order chi connectivity index (χ1) is 8.95. The summed E-state index contributed by atoms with van der Waals surface area (Å²) in [5, 5.41) is 3.23. The SMILES string of the molecule is CCN(C1CCNC1)S(=O)(=O)c1cc(C)cc(C)c1. The predicted molar refractivity (Wildman–Crippen MR) is 76.8 cm³/mol. The smallest absolute Gasteiger partial charge is 0.243 e. The molecule has 1 unspecified atom stereocenters. The lowest BCUT2D eigenvalue weighted by Crippen LogP contribution is -2.41. The van der Waals surface area contributed by atoms with Gasteiger partial charge in [0.15, 0.2) is 0 Å². The van der Waals surface area contributed by atoms with Gasteiger partial charge in [-0.05, 0) is 50.1 Å². The molecule has 1 aromatic carbocycles. The first kappa shape index (κ1) is 14.5. The average molecular weight is 282 g/mol. The standard InChI is InChI=1S/C14H22N2O2S/c1-4-16(13-5-6-15-10-13)19(17,18)14-8-11(2)7-12(3)9-14/h7-9,13,15H,4-6,10H2,1-3H3. The fourth-order valence-corrected chi connectivity index (χ4v) is 4.58. The molecule has 0 saturated carbocycles. The van der Waals surface area contributed by atoms with E-state index in [0.717, 1.165) is 30.6 Å². The minimum absolute atomic E-state index is 0.0795. The molecular weight excluding hydrogens is 260 g/mol. The van der Waals surface area contributed by atoms with E-state index in [1.807, 2.05) is 26.8 Å². The Balaban J connectivity index is 2.39. The highest BCUT2D eigenvalue weighted by molar-refractivity contribution is 7.89. The molecule has 19 heavy (non-hydrogen) atoms. The van der Waals surface area contributed by atoms with Crippen molar-refractivity contribution in [1.29, 1.82) is 0 Å². The lowest BCUT2D eigenvalue weighted by molar-refractivity contribution is 0.348. The predicted octanol–water partition coefficient (Wildman–Crippen LogP) is 1.68. The van der Waals surface area contributed by atoms with Crippen LogP contribution >= 0.6 is 0 Å². The van der Waals surface area contributed by atoms with Crippen molar-refractivity contribution in [2.45, 2.75) is 38.1 Å². The molecule has 1 N–H and O–H groups in total. The van der Waals surface area contributed by atoms with Crippen molar-refractivity contribution in [2.24, 2.45) is 0 Å². The van der Waals surface area contributed by atoms with E-state index in [2.05, 4.69) is 5.32 Å². The molecule has 1 heterocycles. The Morgan fingerprint density at radius 3 is 2.37 bits per heavy atom. The monoisotopic (exact) mass is 282 g/mol. The molecule has 1 aliphatic rings. The van der Waals surface area contributed by atoms with Crippen molar-refractivity contribution in [3.8, 4) is 0 Å². The summed E-state index contributed by atoms with van der Waals surface area (Å²) < 4.78 is 27.1. The molecule has 0 aromatic heterocycles. The van der Waals surface area contributed by atoms with Gasteiger partial charge in [-0.25, -0.2) is 8.42 Å². The number of aryl methyl sites for hydroxylation is 2. The maximum atomic E-state index is 12.8. The molecule has 4 nitrogen and oxygen atoms in total. The fraction of sp³-hybridized carbons (Fsp3) is 0.571. The molecule has 5 heteroatoms. The summed E-state index contributed by atoms with van der Waals surface area (Å²) in [5.74, 6) is 0. The molecule has 1 saturated heterocycles. The normalized spacial score (nSPS) is 20.1. The number of benzene rings is 1. The Morgan fingerprint density at radius 1 is 1.26 bits per heavy atom. The Morgan fingerprint density at radius 2 is 1.89 bits per heavy atom. The zero-order valence-electron chi connectivity index (χ0n) is 11.8. The maximum absolute atomic E-state index is 12.8. The zero-order chi connectivity index (χ0) is 14.0. The quantitative estimate of drug-likeness (QED) is 0.914. The molecule has 1 aromatic rings. The highest BCUT2D eigenvalue weighted by atomic mass is 32.2. The summed E-state index contributed by atoms with van der Waals surface area (Å²) in [4.78, 5) is 0.416. The molecule has 0 amide bonds. The van der Waals surface area contributed by atoms with Gasteiger partial charge in [-0.15, -0.1) is 0 Å². The van der Waals surface area contributed by atoms with Crippen molar-refractivity contribution >= 4 is 10.0 Å². The van der Waals surface area contributed by atoms with Crippen LogP contribution in [0.15, 0.2) is 23.1 Å². The van der Waals surface area contributed by atoms with Crippen molar-refractivity contribution < 1.29 is 8.42 Å². The van der Waals surface area contributed by atoms with E-state index in [1.165, 1.54) is 0 Å². The Labute approximate surface area is 115 Å². The molecule has 106 valence electrons. The van der Waals surface area contributed by atoms with E-state index in [9.17, 15) is 8.42 Å². The summed E-state index contributed by atoms with van der Waals surface area (Å²) >= 11 is 0. The highest BCUT2D eigenvalue weighted by Crippen LogP contribution is 2.22. The minimum atomic E-state index is -3.39. The van der Waals surface area contributed by atoms with Gasteiger partial charge in [0.1, 0.15) is 0 Å². The van der Waals surface area contributed by atoms with Crippen LogP contribution in [0, 0.1) is 13.8 Å². The highest BCUT2D eigenvalue weighted by Gasteiger charge is 2.32. The van der Waals surface area contributed by atoms with E-state index in [4.69, 9.17) is 0 Å². The molecule has 1 fully saturated rings. The molecule has 1 aliphatic heterocycles. The lowest BCUT2D eigenvalue weighted by Gasteiger charge is -2.26. The molecule has 0 aliphatic carbocycles. The van der Waals surface area contributed by atoms with Crippen molar-refractivity contribution in [3.05, 3.63) is 29.3 Å². The van der Waals surface area contributed by atoms with Crippen molar-refractivity contribution in [3.63, 3.8) is 0 Å². The fourth-order valence-electron chi connectivity index (χ4n) is 2.73. The average Bonchev–Trinajstić information content (AvgIpc) is 2.82. The van der Waals surface area contributed by atoms with Crippen LogP contribution in [0.4, 0.5) is 0 Å². The second-order valence-corrected chi connectivity index (χ2v) is 7.07. The van der Waals surface area contributed by atoms with E-state index in [-0.39, 0.29) is 6.04 Å². The van der Waals surface area contributed by atoms with Crippen LogP contribution in [-0.4, -0.2) is 38.4 Å². The van der Waals surface area contributed by atoms with Crippen LogP contribution in [0.3, 0.4) is 0 Å². The zero-order valence-corrected chi connectivity index (χ0v) is 12.6. The van der Waals surface area contributed by atoms with Gasteiger partial charge in [-0.3, -0.25) is 0 Å². The topological polar surface area (TPSA) is 49.4 Å². The maximum Gasteiger partial charge on any atom is 0.243 e. The minimum Gasteiger partial charge on any atom is -0.315 e. The second-order valence-electron chi connectivity index (χ2n) is 5.18. The van der Waals surface area contributed by atoms with Gasteiger partial charge >= 0.3 is 0 Å². The largest absolute Gasteiger partial charge is 0.315 e. The van der Waals surface area contributed by atoms with Crippen LogP contribution in [0.2, 0.25) is 0 Å². The molecule has 1 atom stereocenters. The Bertz CT molecular complexity index is 528. The van der Waals surface area contributed by atoms with Crippen LogP contribution in [0.1, 0.15) is 24.5 Å². The van der Waals surface area contributed by atoms with Crippen molar-refractivity contribution in [2.75, 3.05) is 19.6 Å². The molecule has 0 radical (unpaired) electrons. The first-order valence-corrected chi connectivity index (χ1v) is 8.20. The van der Waals surface area contributed by atoms with Gasteiger partial charge in [0, 0.05) is 19.1 Å². The van der Waals surface area contributed by atoms with Crippen molar-refractivity contribution in [1.82, 2.24) is 9.62 Å². The van der Waals surface area contributed by atoms with Gasteiger partial charge < -0.3 is 5.32 Å². The summed E-state index contributed by atoms with van der Waals surface area (Å²) in [5.41, 5.74) is 1.97. The van der Waals surface area contributed by atoms with Gasteiger partial charge in [0.2, 0.25) is 10.0 Å². The molecule has 0 spiro atoms. The van der Waals surface area contributed by atoms with E-state index >= 15 is 0 Å². The first-order valence-electron chi connectivity index (χ1n) is 6.76.